The lowest BCUT2D eigenvalue weighted by Gasteiger charge is -2.07. The van der Waals surface area contributed by atoms with Crippen molar-refractivity contribution in [2.24, 2.45) is 0 Å². The van der Waals surface area contributed by atoms with E-state index in [1.165, 1.54) is 6.07 Å². The van der Waals surface area contributed by atoms with Crippen molar-refractivity contribution >= 4 is 45.8 Å². The largest absolute Gasteiger partial charge is 0.466 e. The van der Waals surface area contributed by atoms with Gasteiger partial charge in [0.1, 0.15) is 22.1 Å². The highest BCUT2D eigenvalue weighted by molar-refractivity contribution is 7.19. The van der Waals surface area contributed by atoms with Gasteiger partial charge in [0.25, 0.3) is 11.8 Å². The highest BCUT2D eigenvalue weighted by Gasteiger charge is 2.27. The van der Waals surface area contributed by atoms with Crippen LogP contribution in [0.25, 0.3) is 0 Å². The fourth-order valence-corrected chi connectivity index (χ4v) is 4.29. The number of aryl methyl sites for hydroxylation is 2. The lowest BCUT2D eigenvalue weighted by Crippen LogP contribution is -2.22. The Kier molecular flexibility index (Phi) is 7.85. The molecule has 3 aromatic rings. The summed E-state index contributed by atoms with van der Waals surface area (Å²) in [7, 11) is 0. The third-order valence-corrected chi connectivity index (χ3v) is 5.92. The number of hydrogen-bond acceptors (Lipinski definition) is 8. The van der Waals surface area contributed by atoms with E-state index in [2.05, 4.69) is 10.6 Å². The number of rotatable bonds is 8. The first-order valence-electron chi connectivity index (χ1n) is 10.4. The predicted octanol–water partition coefficient (Wildman–Crippen LogP) is 4.49. The van der Waals surface area contributed by atoms with Crippen molar-refractivity contribution in [3.63, 3.8) is 0 Å². The molecule has 0 saturated carbocycles. The number of amides is 2. The fourth-order valence-electron chi connectivity index (χ4n) is 3.18. The van der Waals surface area contributed by atoms with E-state index in [1.807, 2.05) is 6.07 Å². The second kappa shape index (κ2) is 10.8. The molecule has 0 bridgehead atoms. The molecule has 0 unspecified atom stereocenters. The van der Waals surface area contributed by atoms with Gasteiger partial charge >= 0.3 is 11.9 Å². The minimum atomic E-state index is -0.708. The molecule has 34 heavy (non-hydrogen) atoms. The molecule has 0 spiro atoms. The lowest BCUT2D eigenvalue weighted by molar-refractivity contribution is -0.119. The summed E-state index contributed by atoms with van der Waals surface area (Å²) in [6, 6.07) is 10.4. The molecule has 0 saturated heterocycles. The monoisotopic (exact) mass is 484 g/mol. The van der Waals surface area contributed by atoms with E-state index in [0.717, 1.165) is 11.3 Å². The number of nitrogens with one attached hydrogen (secondary N) is 2. The number of para-hydroxylation sites is 1. The van der Waals surface area contributed by atoms with Gasteiger partial charge in [-0.05, 0) is 51.5 Å². The highest BCUT2D eigenvalue weighted by Crippen LogP contribution is 2.34. The molecule has 10 heteroatoms. The zero-order valence-electron chi connectivity index (χ0n) is 19.1. The Hall–Kier alpha value is -3.92. The Morgan fingerprint density at radius 3 is 2.29 bits per heavy atom. The van der Waals surface area contributed by atoms with Gasteiger partial charge in [0.2, 0.25) is 0 Å². The number of benzene rings is 1. The summed E-state index contributed by atoms with van der Waals surface area (Å²) in [4.78, 5) is 50.4. The van der Waals surface area contributed by atoms with Gasteiger partial charge in [-0.25, -0.2) is 9.59 Å². The van der Waals surface area contributed by atoms with Gasteiger partial charge < -0.3 is 24.5 Å². The van der Waals surface area contributed by atoms with Crippen LogP contribution in [0.4, 0.5) is 10.7 Å². The van der Waals surface area contributed by atoms with Crippen molar-refractivity contribution in [3.8, 4) is 0 Å². The van der Waals surface area contributed by atoms with Gasteiger partial charge in [-0.3, -0.25) is 9.59 Å². The first-order valence-corrected chi connectivity index (χ1v) is 11.2. The SMILES string of the molecule is CCOC(=O)c1c(NC(=O)COC(=O)c2cc(C)oc2C)sc(C(=O)Nc2ccccc2)c1C. The molecule has 0 aliphatic heterocycles. The summed E-state index contributed by atoms with van der Waals surface area (Å²) in [5, 5.41) is 5.44. The Bertz CT molecular complexity index is 1230. The van der Waals surface area contributed by atoms with E-state index in [9.17, 15) is 19.2 Å². The topological polar surface area (TPSA) is 124 Å². The van der Waals surface area contributed by atoms with Crippen LogP contribution in [-0.4, -0.2) is 37.0 Å². The van der Waals surface area contributed by atoms with E-state index in [1.54, 1.807) is 52.0 Å². The predicted molar refractivity (Wildman–Crippen MR) is 127 cm³/mol. The molecule has 3 rings (SSSR count). The summed E-state index contributed by atoms with van der Waals surface area (Å²) >= 11 is 0.932. The molecule has 1 aromatic carbocycles. The van der Waals surface area contributed by atoms with Crippen molar-refractivity contribution in [1.29, 1.82) is 0 Å². The number of esters is 2. The minimum absolute atomic E-state index is 0.0750. The average molecular weight is 485 g/mol. The molecule has 178 valence electrons. The van der Waals surface area contributed by atoms with Crippen molar-refractivity contribution in [1.82, 2.24) is 0 Å². The zero-order valence-corrected chi connectivity index (χ0v) is 20.0. The van der Waals surface area contributed by atoms with E-state index >= 15 is 0 Å². The number of carbonyl (C=O) groups excluding carboxylic acids is 4. The molecule has 9 nitrogen and oxygen atoms in total. The third kappa shape index (κ3) is 5.70. The maximum absolute atomic E-state index is 12.8. The highest BCUT2D eigenvalue weighted by atomic mass is 32.1. The Morgan fingerprint density at radius 1 is 0.971 bits per heavy atom. The smallest absolute Gasteiger partial charge is 0.342 e. The van der Waals surface area contributed by atoms with E-state index in [0.29, 0.717) is 22.8 Å². The molecule has 2 amide bonds. The number of anilines is 2. The minimum Gasteiger partial charge on any atom is -0.466 e. The molecular weight excluding hydrogens is 460 g/mol. The Balaban J connectivity index is 1.77. The van der Waals surface area contributed by atoms with Crippen LogP contribution in [0.3, 0.4) is 0 Å². The van der Waals surface area contributed by atoms with Crippen molar-refractivity contribution < 1.29 is 33.1 Å². The van der Waals surface area contributed by atoms with Crippen LogP contribution in [-0.2, 0) is 14.3 Å². The van der Waals surface area contributed by atoms with Crippen LogP contribution in [0, 0.1) is 20.8 Å². The van der Waals surface area contributed by atoms with Gasteiger partial charge in [0.05, 0.1) is 17.0 Å². The molecule has 2 heterocycles. The van der Waals surface area contributed by atoms with Crippen molar-refractivity contribution in [2.75, 3.05) is 23.8 Å². The molecule has 0 radical (unpaired) electrons. The molecule has 2 aromatic heterocycles. The maximum Gasteiger partial charge on any atom is 0.342 e. The van der Waals surface area contributed by atoms with E-state index in [4.69, 9.17) is 13.9 Å². The standard InChI is InChI=1S/C24H24N2O7S/c1-5-31-24(30)19-14(3)20(21(28)25-16-9-7-6-8-10-16)34-22(19)26-18(27)12-32-23(29)17-11-13(2)33-15(17)4/h6-11H,5,12H2,1-4H3,(H,25,28)(H,26,27). The Labute approximate surface area is 200 Å². The number of ether oxygens (including phenoxy) is 2. The quantitative estimate of drug-likeness (QED) is 0.451. The molecule has 0 atom stereocenters. The summed E-state index contributed by atoms with van der Waals surface area (Å²) in [6.07, 6.45) is 0. The molecule has 0 aliphatic rings. The third-order valence-electron chi connectivity index (χ3n) is 4.71. The van der Waals surface area contributed by atoms with Crippen molar-refractivity contribution in [3.05, 3.63) is 69.5 Å². The Morgan fingerprint density at radius 2 is 1.68 bits per heavy atom. The van der Waals surface area contributed by atoms with Gasteiger partial charge in [-0.1, -0.05) is 18.2 Å². The van der Waals surface area contributed by atoms with Crippen LogP contribution < -0.4 is 10.6 Å². The fraction of sp³-hybridized carbons (Fsp3) is 0.250. The number of hydrogen-bond donors (Lipinski definition) is 2. The number of furan rings is 1. The summed E-state index contributed by atoms with van der Waals surface area (Å²) in [5.41, 5.74) is 1.25. The van der Waals surface area contributed by atoms with Crippen LogP contribution in [0.1, 0.15) is 54.4 Å². The van der Waals surface area contributed by atoms with E-state index in [-0.39, 0.29) is 27.6 Å². The maximum atomic E-state index is 12.8. The first kappa shape index (κ1) is 24.7. The summed E-state index contributed by atoms with van der Waals surface area (Å²) in [5.74, 6) is -1.56. The van der Waals surface area contributed by atoms with Crippen LogP contribution >= 0.6 is 11.3 Å². The average Bonchev–Trinajstić information content (AvgIpc) is 3.30. The van der Waals surface area contributed by atoms with Gasteiger partial charge in [0, 0.05) is 5.69 Å². The van der Waals surface area contributed by atoms with Gasteiger partial charge in [0.15, 0.2) is 6.61 Å². The molecular formula is C24H24N2O7S. The van der Waals surface area contributed by atoms with Crippen LogP contribution in [0.2, 0.25) is 0 Å². The normalized spacial score (nSPS) is 10.5. The first-order chi connectivity index (χ1) is 16.2. The molecule has 0 aliphatic carbocycles. The summed E-state index contributed by atoms with van der Waals surface area (Å²) < 4.78 is 15.5. The summed E-state index contributed by atoms with van der Waals surface area (Å²) in [6.45, 7) is 6.09. The zero-order chi connectivity index (χ0) is 24.8. The second-order valence-corrected chi connectivity index (χ2v) is 8.27. The van der Waals surface area contributed by atoms with Crippen LogP contribution in [0.15, 0.2) is 40.8 Å². The molecule has 2 N–H and O–H groups in total. The van der Waals surface area contributed by atoms with Gasteiger partial charge in [-0.2, -0.15) is 0 Å². The van der Waals surface area contributed by atoms with Crippen molar-refractivity contribution in [2.45, 2.75) is 27.7 Å². The van der Waals surface area contributed by atoms with Crippen LogP contribution in [0.5, 0.6) is 0 Å². The van der Waals surface area contributed by atoms with Gasteiger partial charge in [-0.15, -0.1) is 11.3 Å². The number of carbonyl (C=O) groups is 4. The van der Waals surface area contributed by atoms with E-state index < -0.39 is 30.4 Å². The second-order valence-electron chi connectivity index (χ2n) is 7.25. The molecule has 0 fully saturated rings. The number of thiophene rings is 1. The lowest BCUT2D eigenvalue weighted by atomic mass is 10.1.